The van der Waals surface area contributed by atoms with Gasteiger partial charge in [-0.25, -0.2) is 9.86 Å². The number of hydrogen-bond donors (Lipinski definition) is 1. The average molecular weight is 455 g/mol. The van der Waals surface area contributed by atoms with Crippen molar-refractivity contribution < 1.29 is 24.3 Å². The zero-order valence-corrected chi connectivity index (χ0v) is 19.1. The third-order valence-corrected chi connectivity index (χ3v) is 5.86. The molecule has 1 heterocycles. The molecule has 0 saturated carbocycles. The number of unbranched alkanes of at least 4 members (excludes halogenated alkanes) is 1. The number of carboxylic acids is 1. The van der Waals surface area contributed by atoms with Crippen molar-refractivity contribution in [2.45, 2.75) is 51.2 Å². The van der Waals surface area contributed by atoms with E-state index in [4.69, 9.17) is 9.57 Å². The van der Waals surface area contributed by atoms with Gasteiger partial charge in [0.05, 0.1) is 6.61 Å². The molecule has 1 amide bonds. The Morgan fingerprint density at radius 1 is 1.00 bits per heavy atom. The normalized spacial score (nSPS) is 15.0. The largest absolute Gasteiger partial charge is 0.494 e. The highest BCUT2D eigenvalue weighted by atomic mass is 16.7. The van der Waals surface area contributed by atoms with Crippen LogP contribution in [0.25, 0.3) is 0 Å². The molecule has 3 rings (SSSR count). The predicted molar refractivity (Wildman–Crippen MR) is 126 cm³/mol. The molecule has 178 valence electrons. The van der Waals surface area contributed by atoms with E-state index in [-0.39, 0.29) is 13.0 Å². The van der Waals surface area contributed by atoms with E-state index in [1.54, 1.807) is 0 Å². The third-order valence-electron chi connectivity index (χ3n) is 5.86. The first-order valence-electron chi connectivity index (χ1n) is 11.7. The number of aliphatic carboxylic acids is 1. The number of carboxylic acid groups (broad SMARTS) is 1. The van der Waals surface area contributed by atoms with Crippen LogP contribution in [0.2, 0.25) is 0 Å². The van der Waals surface area contributed by atoms with Crippen molar-refractivity contribution in [3.63, 3.8) is 0 Å². The maximum atomic E-state index is 11.8. The second-order valence-electron chi connectivity index (χ2n) is 8.38. The smallest absolute Gasteiger partial charge is 0.329 e. The summed E-state index contributed by atoms with van der Waals surface area (Å²) >= 11 is 0. The lowest BCUT2D eigenvalue weighted by Gasteiger charge is -2.26. The zero-order chi connectivity index (χ0) is 23.3. The lowest BCUT2D eigenvalue weighted by atomic mass is 10.1. The van der Waals surface area contributed by atoms with Crippen LogP contribution in [0.4, 0.5) is 0 Å². The van der Waals surface area contributed by atoms with Crippen LogP contribution in [0.15, 0.2) is 54.6 Å². The van der Waals surface area contributed by atoms with E-state index in [0.29, 0.717) is 13.0 Å². The Kier molecular flexibility index (Phi) is 10.2. The Morgan fingerprint density at radius 2 is 1.73 bits per heavy atom. The van der Waals surface area contributed by atoms with Crippen molar-refractivity contribution in [3.8, 4) is 5.75 Å². The van der Waals surface area contributed by atoms with Crippen molar-refractivity contribution >= 4 is 12.4 Å². The summed E-state index contributed by atoms with van der Waals surface area (Å²) in [6.45, 7) is 4.36. The second-order valence-corrected chi connectivity index (χ2v) is 8.38. The van der Waals surface area contributed by atoms with Gasteiger partial charge in [-0.1, -0.05) is 48.9 Å². The fourth-order valence-electron chi connectivity index (χ4n) is 3.96. The van der Waals surface area contributed by atoms with Crippen LogP contribution in [-0.2, 0) is 27.5 Å². The minimum Gasteiger partial charge on any atom is -0.494 e. The topological polar surface area (TPSA) is 79.3 Å². The quantitative estimate of drug-likeness (QED) is 0.265. The van der Waals surface area contributed by atoms with Gasteiger partial charge in [-0.05, 0) is 68.6 Å². The van der Waals surface area contributed by atoms with Gasteiger partial charge in [0.2, 0.25) is 6.41 Å². The first-order valence-corrected chi connectivity index (χ1v) is 11.7. The standard InChI is InChI=1S/C26H34N2O5/c29-21-28(33-20-23-9-3-1-4-10-23)25(26(30)31)19-22-11-13-24(14-12-22)32-18-8-7-17-27-15-5-2-6-16-27/h1,3-4,9-14,21,25H,2,5-8,15-20H2,(H,30,31). The molecule has 1 N–H and O–H groups in total. The van der Waals surface area contributed by atoms with Crippen molar-refractivity contribution in [2.24, 2.45) is 0 Å². The molecular weight excluding hydrogens is 420 g/mol. The number of hydrogen-bond acceptors (Lipinski definition) is 5. The van der Waals surface area contributed by atoms with Crippen molar-refractivity contribution in [1.29, 1.82) is 0 Å². The maximum absolute atomic E-state index is 11.8. The number of benzene rings is 2. The molecular formula is C26H34N2O5. The van der Waals surface area contributed by atoms with Crippen LogP contribution < -0.4 is 4.74 Å². The zero-order valence-electron chi connectivity index (χ0n) is 19.1. The van der Waals surface area contributed by atoms with Crippen LogP contribution in [-0.4, -0.2) is 59.7 Å². The molecule has 0 aliphatic carbocycles. The van der Waals surface area contributed by atoms with Gasteiger partial charge in [0.25, 0.3) is 0 Å². The molecule has 2 aromatic rings. The van der Waals surface area contributed by atoms with E-state index in [1.165, 1.54) is 32.4 Å². The van der Waals surface area contributed by atoms with Gasteiger partial charge in [-0.3, -0.25) is 9.63 Å². The van der Waals surface area contributed by atoms with Crippen LogP contribution in [0.5, 0.6) is 5.75 Å². The molecule has 7 heteroatoms. The van der Waals surface area contributed by atoms with Crippen molar-refractivity contribution in [1.82, 2.24) is 9.96 Å². The monoisotopic (exact) mass is 454 g/mol. The lowest BCUT2D eigenvalue weighted by molar-refractivity contribution is -0.200. The van der Waals surface area contributed by atoms with E-state index in [9.17, 15) is 14.7 Å². The van der Waals surface area contributed by atoms with Crippen LogP contribution in [0, 0.1) is 0 Å². The summed E-state index contributed by atoms with van der Waals surface area (Å²) in [6, 6.07) is 15.5. The molecule has 1 atom stereocenters. The van der Waals surface area contributed by atoms with E-state index < -0.39 is 12.0 Å². The SMILES string of the molecule is O=CN(OCc1ccccc1)C(Cc1ccc(OCCCCN2CCCCC2)cc1)C(=O)O. The lowest BCUT2D eigenvalue weighted by Crippen LogP contribution is -2.41. The van der Waals surface area contributed by atoms with Gasteiger partial charge in [-0.15, -0.1) is 0 Å². The predicted octanol–water partition coefficient (Wildman–Crippen LogP) is 3.92. The molecule has 1 unspecified atom stereocenters. The molecule has 1 fully saturated rings. The number of amides is 1. The molecule has 0 radical (unpaired) electrons. The second kappa shape index (κ2) is 13.6. The third kappa shape index (κ3) is 8.51. The highest BCUT2D eigenvalue weighted by Gasteiger charge is 2.26. The number of ether oxygens (including phenoxy) is 1. The number of carbonyl (C=O) groups excluding carboxylic acids is 1. The number of carbonyl (C=O) groups is 2. The summed E-state index contributed by atoms with van der Waals surface area (Å²) in [5, 5.41) is 10.5. The van der Waals surface area contributed by atoms with Gasteiger partial charge in [0.15, 0.2) is 6.04 Å². The molecule has 0 bridgehead atoms. The number of likely N-dealkylation sites (tertiary alicyclic amines) is 1. The molecule has 0 aromatic heterocycles. The summed E-state index contributed by atoms with van der Waals surface area (Å²) in [7, 11) is 0. The van der Waals surface area contributed by atoms with Gasteiger partial charge in [0.1, 0.15) is 12.4 Å². The van der Waals surface area contributed by atoms with Gasteiger partial charge in [-0.2, -0.15) is 0 Å². The van der Waals surface area contributed by atoms with Gasteiger partial charge >= 0.3 is 5.97 Å². The maximum Gasteiger partial charge on any atom is 0.329 e. The molecule has 1 aliphatic rings. The first kappa shape index (κ1) is 24.7. The Bertz CT molecular complexity index is 838. The Morgan fingerprint density at radius 3 is 2.39 bits per heavy atom. The van der Waals surface area contributed by atoms with E-state index in [2.05, 4.69) is 4.90 Å². The molecule has 1 saturated heterocycles. The van der Waals surface area contributed by atoms with Crippen molar-refractivity contribution in [3.05, 3.63) is 65.7 Å². The van der Waals surface area contributed by atoms with Crippen LogP contribution >= 0.6 is 0 Å². The number of piperidine rings is 1. The van der Waals surface area contributed by atoms with E-state index in [0.717, 1.165) is 41.3 Å². The van der Waals surface area contributed by atoms with Gasteiger partial charge < -0.3 is 14.7 Å². The number of hydroxylamine groups is 2. The average Bonchev–Trinajstić information content (AvgIpc) is 2.85. The highest BCUT2D eigenvalue weighted by molar-refractivity contribution is 5.76. The van der Waals surface area contributed by atoms with Gasteiger partial charge in [0, 0.05) is 6.42 Å². The molecule has 33 heavy (non-hydrogen) atoms. The molecule has 2 aromatic carbocycles. The Labute approximate surface area is 195 Å². The van der Waals surface area contributed by atoms with Crippen molar-refractivity contribution in [2.75, 3.05) is 26.2 Å². The first-order chi connectivity index (χ1) is 16.2. The van der Waals surface area contributed by atoms with Crippen LogP contribution in [0.1, 0.15) is 43.2 Å². The molecule has 1 aliphatic heterocycles. The molecule has 0 spiro atoms. The Hall–Kier alpha value is -2.90. The highest BCUT2D eigenvalue weighted by Crippen LogP contribution is 2.17. The number of nitrogens with zero attached hydrogens (tertiary/aromatic N) is 2. The van der Waals surface area contributed by atoms with Crippen LogP contribution in [0.3, 0.4) is 0 Å². The summed E-state index contributed by atoms with van der Waals surface area (Å²) in [6.07, 6.45) is 6.68. The summed E-state index contributed by atoms with van der Waals surface area (Å²) in [4.78, 5) is 31.3. The number of rotatable bonds is 14. The Balaban J connectivity index is 1.43. The fraction of sp³-hybridized carbons (Fsp3) is 0.462. The van der Waals surface area contributed by atoms with E-state index >= 15 is 0 Å². The fourth-order valence-corrected chi connectivity index (χ4v) is 3.96. The van der Waals surface area contributed by atoms with E-state index in [1.807, 2.05) is 54.6 Å². The summed E-state index contributed by atoms with van der Waals surface area (Å²) in [5.74, 6) is -0.361. The molecule has 7 nitrogen and oxygen atoms in total. The minimum absolute atomic E-state index is 0.119. The minimum atomic E-state index is -1.12. The summed E-state index contributed by atoms with van der Waals surface area (Å²) < 4.78 is 5.83. The summed E-state index contributed by atoms with van der Waals surface area (Å²) in [5.41, 5.74) is 1.64.